The lowest BCUT2D eigenvalue weighted by molar-refractivity contribution is 0.0434. The van der Waals surface area contributed by atoms with Crippen molar-refractivity contribution in [2.24, 2.45) is 4.99 Å². The first kappa shape index (κ1) is 19.6. The van der Waals surface area contributed by atoms with Crippen LogP contribution in [-0.4, -0.2) is 64.6 Å². The van der Waals surface area contributed by atoms with Crippen molar-refractivity contribution in [3.8, 4) is 0 Å². The third-order valence-corrected chi connectivity index (χ3v) is 5.36. The predicted octanol–water partition coefficient (Wildman–Crippen LogP) is 1.69. The van der Waals surface area contributed by atoms with Gasteiger partial charge >= 0.3 is 0 Å². The quantitative estimate of drug-likeness (QED) is 0.571. The van der Waals surface area contributed by atoms with Crippen LogP contribution in [0.2, 0.25) is 0 Å². The molecule has 2 aromatic heterocycles. The molecule has 0 aromatic carbocycles. The van der Waals surface area contributed by atoms with Gasteiger partial charge in [-0.2, -0.15) is 4.37 Å². The second-order valence-electron chi connectivity index (χ2n) is 6.74. The van der Waals surface area contributed by atoms with Crippen LogP contribution in [0.15, 0.2) is 27.8 Å². The first-order valence-corrected chi connectivity index (χ1v) is 10.2. The van der Waals surface area contributed by atoms with E-state index in [1.54, 1.807) is 25.3 Å². The van der Waals surface area contributed by atoms with Gasteiger partial charge in [-0.25, -0.2) is 9.98 Å². The maximum absolute atomic E-state index is 10.6. The van der Waals surface area contributed by atoms with Crippen molar-refractivity contribution in [2.75, 3.05) is 44.2 Å². The minimum absolute atomic E-state index is 0.235. The van der Waals surface area contributed by atoms with Crippen LogP contribution >= 0.6 is 11.5 Å². The fourth-order valence-electron chi connectivity index (χ4n) is 2.94. The largest absolute Gasteiger partial charge is 0.466 e. The van der Waals surface area contributed by atoms with Crippen molar-refractivity contribution < 1.29 is 9.52 Å². The average molecular weight is 393 g/mol. The molecule has 148 valence electrons. The summed E-state index contributed by atoms with van der Waals surface area (Å²) in [7, 11) is 0. The Morgan fingerprint density at radius 2 is 2.15 bits per heavy atom. The number of furan rings is 1. The molecule has 0 radical (unpaired) electrons. The molecular weight excluding hydrogens is 364 g/mol. The number of aryl methyl sites for hydroxylation is 1. The molecule has 1 unspecified atom stereocenters. The number of anilines is 1. The highest BCUT2D eigenvalue weighted by Crippen LogP contribution is 2.22. The Morgan fingerprint density at radius 3 is 2.74 bits per heavy atom. The monoisotopic (exact) mass is 392 g/mol. The van der Waals surface area contributed by atoms with Gasteiger partial charge in [0.2, 0.25) is 5.13 Å². The molecule has 0 saturated carbocycles. The predicted molar refractivity (Wildman–Crippen MR) is 107 cm³/mol. The lowest BCUT2D eigenvalue weighted by atomic mass is 10.0. The summed E-state index contributed by atoms with van der Waals surface area (Å²) in [6, 6.07) is 3.54. The Balaban J connectivity index is 1.62. The Hall–Kier alpha value is -2.13. The molecule has 0 amide bonds. The van der Waals surface area contributed by atoms with Crippen molar-refractivity contribution >= 4 is 22.6 Å². The molecule has 9 heteroatoms. The summed E-state index contributed by atoms with van der Waals surface area (Å²) >= 11 is 1.47. The molecule has 0 spiro atoms. The van der Waals surface area contributed by atoms with Gasteiger partial charge in [-0.15, -0.1) is 0 Å². The van der Waals surface area contributed by atoms with Gasteiger partial charge in [-0.3, -0.25) is 0 Å². The molecule has 2 N–H and O–H groups in total. The van der Waals surface area contributed by atoms with E-state index in [4.69, 9.17) is 4.42 Å². The van der Waals surface area contributed by atoms with Crippen LogP contribution in [-0.2, 0) is 12.0 Å². The highest BCUT2D eigenvalue weighted by atomic mass is 32.1. The summed E-state index contributed by atoms with van der Waals surface area (Å²) in [4.78, 5) is 13.7. The first-order valence-electron chi connectivity index (χ1n) is 9.40. The van der Waals surface area contributed by atoms with E-state index >= 15 is 0 Å². The van der Waals surface area contributed by atoms with Gasteiger partial charge in [0, 0.05) is 50.7 Å². The van der Waals surface area contributed by atoms with Gasteiger partial charge in [0.25, 0.3) is 0 Å². The summed E-state index contributed by atoms with van der Waals surface area (Å²) < 4.78 is 9.72. The maximum atomic E-state index is 10.6. The number of hydrogen-bond acceptors (Lipinski definition) is 7. The number of hydrogen-bond donors (Lipinski definition) is 2. The van der Waals surface area contributed by atoms with Crippen LogP contribution in [0.3, 0.4) is 0 Å². The van der Waals surface area contributed by atoms with Crippen LogP contribution < -0.4 is 10.2 Å². The van der Waals surface area contributed by atoms with Crippen LogP contribution in [0.25, 0.3) is 0 Å². The van der Waals surface area contributed by atoms with Gasteiger partial charge in [0.15, 0.2) is 5.96 Å². The summed E-state index contributed by atoms with van der Waals surface area (Å²) in [5, 5.41) is 15.0. The molecular formula is C18H28N6O2S. The van der Waals surface area contributed by atoms with Crippen molar-refractivity contribution in [1.29, 1.82) is 0 Å². The third kappa shape index (κ3) is 4.78. The third-order valence-electron chi connectivity index (χ3n) is 4.55. The van der Waals surface area contributed by atoms with Crippen molar-refractivity contribution in [3.63, 3.8) is 0 Å². The van der Waals surface area contributed by atoms with Gasteiger partial charge in [0.05, 0.1) is 12.8 Å². The zero-order chi connectivity index (χ0) is 19.3. The van der Waals surface area contributed by atoms with Gasteiger partial charge in [0.1, 0.15) is 17.2 Å². The summed E-state index contributed by atoms with van der Waals surface area (Å²) in [6.07, 6.45) is 2.43. The van der Waals surface area contributed by atoms with E-state index in [-0.39, 0.29) is 6.54 Å². The number of nitrogens with one attached hydrogen (secondary N) is 1. The molecule has 1 fully saturated rings. The molecule has 27 heavy (non-hydrogen) atoms. The molecule has 2 aromatic rings. The van der Waals surface area contributed by atoms with E-state index in [9.17, 15) is 5.11 Å². The smallest absolute Gasteiger partial charge is 0.205 e. The SMILES string of the molecule is CCNC(=NCC(C)(O)c1ccco1)N1CCN(c2nc(CC)ns2)CC1. The minimum Gasteiger partial charge on any atom is -0.466 e. The molecule has 1 aliphatic rings. The number of nitrogens with zero attached hydrogens (tertiary/aromatic N) is 5. The van der Waals surface area contributed by atoms with Gasteiger partial charge in [-0.1, -0.05) is 6.92 Å². The Kier molecular flexibility index (Phi) is 6.33. The van der Waals surface area contributed by atoms with Gasteiger partial charge in [-0.05, 0) is 26.0 Å². The molecule has 8 nitrogen and oxygen atoms in total. The molecule has 1 saturated heterocycles. The van der Waals surface area contributed by atoms with Crippen molar-refractivity contribution in [3.05, 3.63) is 30.0 Å². The summed E-state index contributed by atoms with van der Waals surface area (Å²) in [5.41, 5.74) is -1.13. The Labute approximate surface area is 164 Å². The summed E-state index contributed by atoms with van der Waals surface area (Å²) in [5.74, 6) is 2.25. The normalized spacial score (nSPS) is 17.9. The second kappa shape index (κ2) is 8.71. The number of rotatable bonds is 6. The highest BCUT2D eigenvalue weighted by molar-refractivity contribution is 7.09. The van der Waals surface area contributed by atoms with Crippen LogP contribution in [0.1, 0.15) is 32.4 Å². The van der Waals surface area contributed by atoms with Crippen LogP contribution in [0, 0.1) is 0 Å². The van der Waals surface area contributed by atoms with E-state index in [1.165, 1.54) is 11.5 Å². The second-order valence-corrected chi connectivity index (χ2v) is 7.47. The number of aliphatic imine (C=N–C) groups is 1. The van der Waals surface area contributed by atoms with E-state index in [0.717, 1.165) is 56.1 Å². The lowest BCUT2D eigenvalue weighted by Crippen LogP contribution is -2.52. The lowest BCUT2D eigenvalue weighted by Gasteiger charge is -2.36. The molecule has 0 bridgehead atoms. The van der Waals surface area contributed by atoms with Crippen LogP contribution in [0.5, 0.6) is 0 Å². The van der Waals surface area contributed by atoms with Gasteiger partial charge < -0.3 is 24.6 Å². The number of piperazine rings is 1. The van der Waals surface area contributed by atoms with E-state index in [1.807, 2.05) is 6.92 Å². The van der Waals surface area contributed by atoms with Crippen LogP contribution in [0.4, 0.5) is 5.13 Å². The van der Waals surface area contributed by atoms with E-state index < -0.39 is 5.60 Å². The zero-order valence-electron chi connectivity index (χ0n) is 16.2. The van der Waals surface area contributed by atoms with E-state index in [0.29, 0.717) is 5.76 Å². The number of aromatic nitrogens is 2. The topological polar surface area (TPSA) is 90.0 Å². The van der Waals surface area contributed by atoms with Crippen molar-refractivity contribution in [2.45, 2.75) is 32.8 Å². The maximum Gasteiger partial charge on any atom is 0.205 e. The summed E-state index contributed by atoms with van der Waals surface area (Å²) in [6.45, 7) is 10.3. The number of aliphatic hydroxyl groups is 1. The minimum atomic E-state index is -1.13. The Bertz CT molecular complexity index is 735. The van der Waals surface area contributed by atoms with E-state index in [2.05, 4.69) is 36.4 Å². The first-order chi connectivity index (χ1) is 13.0. The fourth-order valence-corrected chi connectivity index (χ4v) is 3.75. The average Bonchev–Trinajstić information content (AvgIpc) is 3.37. The zero-order valence-corrected chi connectivity index (χ0v) is 17.0. The number of guanidine groups is 1. The van der Waals surface area contributed by atoms with Crippen molar-refractivity contribution in [1.82, 2.24) is 19.6 Å². The highest BCUT2D eigenvalue weighted by Gasteiger charge is 2.27. The molecule has 3 rings (SSSR count). The standard InChI is InChI=1S/C18H28N6O2S/c1-4-15-21-17(27-22-15)24-10-8-23(9-11-24)16(19-5-2)20-13-18(3,25)14-7-6-12-26-14/h6-7,12,25H,4-5,8-11,13H2,1-3H3,(H,19,20). The molecule has 1 aliphatic heterocycles. The fraction of sp³-hybridized carbons (Fsp3) is 0.611. The molecule has 3 heterocycles. The Morgan fingerprint density at radius 1 is 1.37 bits per heavy atom. The molecule has 1 atom stereocenters. The molecule has 0 aliphatic carbocycles.